The maximum atomic E-state index is 10.7. The number of nitrogens with zero attached hydrogens (tertiary/aromatic N) is 2. The van der Waals surface area contributed by atoms with E-state index in [1.165, 1.54) is 18.0 Å². The van der Waals surface area contributed by atoms with E-state index in [4.69, 9.17) is 9.84 Å². The van der Waals surface area contributed by atoms with E-state index in [0.29, 0.717) is 11.4 Å². The van der Waals surface area contributed by atoms with Crippen molar-refractivity contribution in [1.82, 2.24) is 9.97 Å². The Balaban J connectivity index is 1.93. The number of carboxylic acid groups (broad SMARTS) is 1. The Morgan fingerprint density at radius 3 is 2.73 bits per heavy atom. The summed E-state index contributed by atoms with van der Waals surface area (Å²) in [6.45, 7) is 7.29. The molecule has 5 nitrogen and oxygen atoms in total. The molecule has 2 aromatic rings. The van der Waals surface area contributed by atoms with Gasteiger partial charge in [0.2, 0.25) is 0 Å². The van der Waals surface area contributed by atoms with Crippen LogP contribution in [-0.2, 0) is 23.1 Å². The number of fused-ring (bicyclic) bond motifs is 1. The van der Waals surface area contributed by atoms with Crippen LogP contribution >= 0.6 is 0 Å². The van der Waals surface area contributed by atoms with E-state index in [9.17, 15) is 4.79 Å². The zero-order valence-electron chi connectivity index (χ0n) is 15.3. The highest BCUT2D eigenvalue weighted by atomic mass is 16.5. The molecule has 26 heavy (non-hydrogen) atoms. The first-order chi connectivity index (χ1) is 12.4. The first-order valence-electron chi connectivity index (χ1n) is 8.74. The smallest absolute Gasteiger partial charge is 0.309 e. The molecule has 0 aliphatic carbocycles. The molecular formula is C21H22N2O3. The molecule has 1 aliphatic heterocycles. The fraction of sp³-hybridized carbons (Fsp3) is 0.381. The Bertz CT molecular complexity index is 890. The third-order valence-electron chi connectivity index (χ3n) is 4.66. The number of carbonyl (C=O) groups is 1. The quantitative estimate of drug-likeness (QED) is 0.861. The van der Waals surface area contributed by atoms with Crippen molar-refractivity contribution >= 4 is 5.97 Å². The lowest BCUT2D eigenvalue weighted by Crippen LogP contribution is -2.27. The zero-order valence-corrected chi connectivity index (χ0v) is 15.3. The van der Waals surface area contributed by atoms with Gasteiger partial charge in [-0.25, -0.2) is 4.98 Å². The average molecular weight is 350 g/mol. The lowest BCUT2D eigenvalue weighted by Gasteiger charge is -2.33. The van der Waals surface area contributed by atoms with Gasteiger partial charge in [0.1, 0.15) is 11.4 Å². The third kappa shape index (κ3) is 3.85. The number of aryl methyl sites for hydroxylation is 1. The molecule has 134 valence electrons. The van der Waals surface area contributed by atoms with Gasteiger partial charge in [-0.05, 0) is 41.9 Å². The molecule has 3 rings (SSSR count). The van der Waals surface area contributed by atoms with Crippen molar-refractivity contribution in [3.05, 3.63) is 52.6 Å². The van der Waals surface area contributed by atoms with Gasteiger partial charge in [0, 0.05) is 11.1 Å². The summed E-state index contributed by atoms with van der Waals surface area (Å²) in [5.41, 5.74) is 4.31. The van der Waals surface area contributed by atoms with Crippen molar-refractivity contribution in [1.29, 1.82) is 0 Å². The number of rotatable bonds is 3. The van der Waals surface area contributed by atoms with Gasteiger partial charge in [0.25, 0.3) is 0 Å². The SMILES string of the molecule is CCc1cc2c(cc1C#Cc1cnc(CC(=O)O)cn1)C(C)(C)CCO2. The Morgan fingerprint density at radius 1 is 1.27 bits per heavy atom. The standard InChI is InChI=1S/C21H22N2O3/c1-4-14-10-19-18(21(2,3)7-8-26-19)9-15(14)5-6-16-12-23-17(13-22-16)11-20(24)25/h9-10,12-13H,4,7-8,11H2,1-3H3,(H,24,25). The molecule has 1 aliphatic rings. The number of hydrogen-bond acceptors (Lipinski definition) is 4. The molecule has 0 saturated carbocycles. The van der Waals surface area contributed by atoms with Crippen LogP contribution in [-0.4, -0.2) is 27.7 Å². The maximum Gasteiger partial charge on any atom is 0.309 e. The summed E-state index contributed by atoms with van der Waals surface area (Å²) in [7, 11) is 0. The second-order valence-electron chi connectivity index (χ2n) is 7.05. The summed E-state index contributed by atoms with van der Waals surface area (Å²) in [5.74, 6) is 6.28. The van der Waals surface area contributed by atoms with Gasteiger partial charge in [0.15, 0.2) is 0 Å². The van der Waals surface area contributed by atoms with Crippen LogP contribution in [0.1, 0.15) is 55.3 Å². The van der Waals surface area contributed by atoms with Gasteiger partial charge in [0.05, 0.1) is 31.1 Å². The topological polar surface area (TPSA) is 72.3 Å². The normalized spacial score (nSPS) is 14.6. The molecule has 0 atom stereocenters. The number of ether oxygens (including phenoxy) is 1. The van der Waals surface area contributed by atoms with Gasteiger partial charge >= 0.3 is 5.97 Å². The molecule has 0 unspecified atom stereocenters. The minimum Gasteiger partial charge on any atom is -0.493 e. The van der Waals surface area contributed by atoms with Crippen LogP contribution in [0.2, 0.25) is 0 Å². The number of aromatic nitrogens is 2. The van der Waals surface area contributed by atoms with E-state index in [1.54, 1.807) is 0 Å². The van der Waals surface area contributed by atoms with Crippen LogP contribution < -0.4 is 4.74 Å². The molecule has 2 heterocycles. The summed E-state index contributed by atoms with van der Waals surface area (Å²) >= 11 is 0. The molecule has 0 bridgehead atoms. The van der Waals surface area contributed by atoms with Crippen molar-refractivity contribution in [2.45, 2.75) is 45.4 Å². The van der Waals surface area contributed by atoms with Gasteiger partial charge in [-0.2, -0.15) is 0 Å². The number of benzene rings is 1. The molecule has 0 spiro atoms. The highest BCUT2D eigenvalue weighted by Gasteiger charge is 2.29. The van der Waals surface area contributed by atoms with E-state index < -0.39 is 5.97 Å². The van der Waals surface area contributed by atoms with Crippen LogP contribution in [0.4, 0.5) is 0 Å². The predicted octanol–water partition coefficient (Wildman–Crippen LogP) is 3.13. The van der Waals surface area contributed by atoms with E-state index in [2.05, 4.69) is 54.7 Å². The van der Waals surface area contributed by atoms with Crippen LogP contribution in [0.3, 0.4) is 0 Å². The first kappa shape index (κ1) is 17.9. The summed E-state index contributed by atoms with van der Waals surface area (Å²) in [6, 6.07) is 4.23. The molecule has 0 fully saturated rings. The van der Waals surface area contributed by atoms with Crippen molar-refractivity contribution < 1.29 is 14.6 Å². The van der Waals surface area contributed by atoms with Crippen molar-refractivity contribution in [3.8, 4) is 17.6 Å². The van der Waals surface area contributed by atoms with E-state index in [1.807, 2.05) is 0 Å². The fourth-order valence-corrected chi connectivity index (χ4v) is 3.03. The predicted molar refractivity (Wildman–Crippen MR) is 98.3 cm³/mol. The summed E-state index contributed by atoms with van der Waals surface area (Å²) < 4.78 is 5.85. The summed E-state index contributed by atoms with van der Waals surface area (Å²) in [6.07, 6.45) is 4.69. The number of hydrogen-bond donors (Lipinski definition) is 1. The molecule has 0 amide bonds. The van der Waals surface area contributed by atoms with E-state index in [0.717, 1.165) is 36.3 Å². The Morgan fingerprint density at radius 2 is 2.08 bits per heavy atom. The first-order valence-corrected chi connectivity index (χ1v) is 8.74. The second-order valence-corrected chi connectivity index (χ2v) is 7.05. The third-order valence-corrected chi connectivity index (χ3v) is 4.66. The molecule has 1 aromatic carbocycles. The highest BCUT2D eigenvalue weighted by molar-refractivity contribution is 5.69. The minimum atomic E-state index is -0.926. The van der Waals surface area contributed by atoms with Gasteiger partial charge in [-0.3, -0.25) is 9.78 Å². The monoisotopic (exact) mass is 350 g/mol. The molecule has 0 saturated heterocycles. The molecule has 1 aromatic heterocycles. The number of aliphatic carboxylic acids is 1. The maximum absolute atomic E-state index is 10.7. The summed E-state index contributed by atoms with van der Waals surface area (Å²) in [4.78, 5) is 19.0. The average Bonchev–Trinajstić information content (AvgIpc) is 2.60. The molecular weight excluding hydrogens is 328 g/mol. The van der Waals surface area contributed by atoms with Crippen molar-refractivity contribution in [3.63, 3.8) is 0 Å². The Hall–Kier alpha value is -2.87. The molecule has 1 N–H and O–H groups in total. The number of carboxylic acids is 1. The minimum absolute atomic E-state index is 0.0641. The summed E-state index contributed by atoms with van der Waals surface area (Å²) in [5, 5.41) is 8.78. The molecule has 5 heteroatoms. The van der Waals surface area contributed by atoms with Crippen LogP contribution in [0, 0.1) is 11.8 Å². The molecule has 0 radical (unpaired) electrons. The Kier molecular flexibility index (Phi) is 4.94. The van der Waals surface area contributed by atoms with Crippen LogP contribution in [0.25, 0.3) is 0 Å². The van der Waals surface area contributed by atoms with Crippen LogP contribution in [0.5, 0.6) is 5.75 Å². The van der Waals surface area contributed by atoms with E-state index in [-0.39, 0.29) is 11.8 Å². The Labute approximate surface area is 153 Å². The van der Waals surface area contributed by atoms with E-state index >= 15 is 0 Å². The lowest BCUT2D eigenvalue weighted by molar-refractivity contribution is -0.136. The zero-order chi connectivity index (χ0) is 18.7. The second kappa shape index (κ2) is 7.17. The highest BCUT2D eigenvalue weighted by Crippen LogP contribution is 2.39. The lowest BCUT2D eigenvalue weighted by atomic mass is 9.78. The van der Waals surface area contributed by atoms with Crippen molar-refractivity contribution in [2.75, 3.05) is 6.61 Å². The van der Waals surface area contributed by atoms with Gasteiger partial charge < -0.3 is 9.84 Å². The largest absolute Gasteiger partial charge is 0.493 e. The fourth-order valence-electron chi connectivity index (χ4n) is 3.03. The van der Waals surface area contributed by atoms with Gasteiger partial charge in [-0.15, -0.1) is 0 Å². The van der Waals surface area contributed by atoms with Crippen molar-refractivity contribution in [2.24, 2.45) is 0 Å². The van der Waals surface area contributed by atoms with Gasteiger partial charge in [-0.1, -0.05) is 26.7 Å². The van der Waals surface area contributed by atoms with Crippen LogP contribution in [0.15, 0.2) is 24.5 Å².